The Kier molecular flexibility index (Phi) is 2.70. The fourth-order valence-corrected chi connectivity index (χ4v) is 1.96. The average Bonchev–Trinajstić information content (AvgIpc) is 3.07. The highest BCUT2D eigenvalue weighted by molar-refractivity contribution is 5.53. The number of benzene rings is 1. The van der Waals surface area contributed by atoms with Crippen LogP contribution in [0.3, 0.4) is 0 Å². The zero-order valence-corrected chi connectivity index (χ0v) is 10.1. The predicted molar refractivity (Wildman–Crippen MR) is 68.7 cm³/mol. The van der Waals surface area contributed by atoms with Gasteiger partial charge in [0.05, 0.1) is 5.69 Å². The quantitative estimate of drug-likeness (QED) is 0.898. The number of aryl methyl sites for hydroxylation is 1. The molecule has 0 spiro atoms. The molecule has 0 amide bonds. The molecule has 3 rings (SSSR count). The van der Waals surface area contributed by atoms with Crippen molar-refractivity contribution in [2.24, 2.45) is 0 Å². The molecule has 1 aromatic heterocycles. The molecule has 1 saturated carbocycles. The van der Waals surface area contributed by atoms with E-state index in [1.54, 1.807) is 0 Å². The summed E-state index contributed by atoms with van der Waals surface area (Å²) >= 11 is 0. The van der Waals surface area contributed by atoms with Gasteiger partial charge in [0.2, 0.25) is 5.95 Å². The van der Waals surface area contributed by atoms with Crippen LogP contribution in [-0.2, 0) is 0 Å². The van der Waals surface area contributed by atoms with Crippen LogP contribution in [0, 0.1) is 6.92 Å². The molecule has 1 heterocycles. The second kappa shape index (κ2) is 4.37. The number of halogens is 1. The molecule has 2 atom stereocenters. The van der Waals surface area contributed by atoms with Gasteiger partial charge in [-0.25, -0.2) is 14.4 Å². The summed E-state index contributed by atoms with van der Waals surface area (Å²) < 4.78 is 13.1. The first-order chi connectivity index (χ1) is 8.72. The van der Waals surface area contributed by atoms with Crippen molar-refractivity contribution in [1.82, 2.24) is 9.97 Å². The Bertz CT molecular complexity index is 556. The van der Waals surface area contributed by atoms with E-state index >= 15 is 0 Å². The highest BCUT2D eigenvalue weighted by atomic mass is 19.1. The van der Waals surface area contributed by atoms with Crippen LogP contribution in [0.2, 0.25) is 0 Å². The maximum absolute atomic E-state index is 13.1. The van der Waals surface area contributed by atoms with Gasteiger partial charge in [0.1, 0.15) is 6.17 Å². The molecule has 2 unspecified atom stereocenters. The van der Waals surface area contributed by atoms with Gasteiger partial charge in [-0.1, -0.05) is 18.2 Å². The normalized spacial score (nSPS) is 21.7. The van der Waals surface area contributed by atoms with Crippen molar-refractivity contribution < 1.29 is 4.39 Å². The summed E-state index contributed by atoms with van der Waals surface area (Å²) in [5, 5.41) is 3.14. The third-order valence-corrected chi connectivity index (χ3v) is 3.00. The molecule has 1 N–H and O–H groups in total. The zero-order valence-electron chi connectivity index (χ0n) is 10.1. The number of para-hydroxylation sites is 1. The first kappa shape index (κ1) is 11.1. The number of nitrogens with zero attached hydrogens (tertiary/aromatic N) is 2. The third kappa shape index (κ3) is 2.32. The highest BCUT2D eigenvalue weighted by Crippen LogP contribution is 2.42. The van der Waals surface area contributed by atoms with Crippen molar-refractivity contribution >= 4 is 11.6 Å². The molecule has 92 valence electrons. The Morgan fingerprint density at radius 3 is 2.61 bits per heavy atom. The van der Waals surface area contributed by atoms with Gasteiger partial charge in [-0.05, 0) is 31.5 Å². The second-order valence-corrected chi connectivity index (χ2v) is 4.61. The van der Waals surface area contributed by atoms with Gasteiger partial charge in [-0.3, -0.25) is 0 Å². The topological polar surface area (TPSA) is 37.8 Å². The third-order valence-electron chi connectivity index (χ3n) is 3.00. The van der Waals surface area contributed by atoms with E-state index in [9.17, 15) is 4.39 Å². The lowest BCUT2D eigenvalue weighted by Gasteiger charge is -2.07. The van der Waals surface area contributed by atoms with Crippen molar-refractivity contribution in [2.75, 3.05) is 5.32 Å². The predicted octanol–water partition coefficient (Wildman–Crippen LogP) is 3.35. The summed E-state index contributed by atoms with van der Waals surface area (Å²) in [6.07, 6.45) is -0.148. The van der Waals surface area contributed by atoms with Gasteiger partial charge in [-0.15, -0.1) is 0 Å². The molecule has 0 bridgehead atoms. The Labute approximate surface area is 105 Å². The summed E-state index contributed by atoms with van der Waals surface area (Å²) in [6.45, 7) is 1.90. The summed E-state index contributed by atoms with van der Waals surface area (Å²) in [4.78, 5) is 8.70. The Balaban J connectivity index is 1.86. The van der Waals surface area contributed by atoms with Crippen LogP contribution in [-0.4, -0.2) is 16.1 Å². The van der Waals surface area contributed by atoms with Crippen molar-refractivity contribution in [3.05, 3.63) is 47.8 Å². The van der Waals surface area contributed by atoms with Gasteiger partial charge in [0.15, 0.2) is 0 Å². The summed E-state index contributed by atoms with van der Waals surface area (Å²) in [7, 11) is 0. The SMILES string of the molecule is Cc1cc(C2CC2F)nc(Nc2ccccc2)n1. The molecule has 0 saturated heterocycles. The standard InChI is InChI=1S/C14H14FN3/c1-9-7-13(11-8-12(11)15)18-14(16-9)17-10-5-3-2-4-6-10/h2-7,11-12H,8H2,1H3,(H,16,17,18). The Morgan fingerprint density at radius 2 is 1.94 bits per heavy atom. The monoisotopic (exact) mass is 243 g/mol. The molecule has 1 fully saturated rings. The van der Waals surface area contributed by atoms with Crippen LogP contribution in [0.4, 0.5) is 16.0 Å². The lowest BCUT2D eigenvalue weighted by molar-refractivity contribution is 0.466. The fourth-order valence-electron chi connectivity index (χ4n) is 1.96. The molecule has 4 heteroatoms. The average molecular weight is 243 g/mol. The molecule has 2 aromatic rings. The summed E-state index contributed by atoms with van der Waals surface area (Å²) in [5.74, 6) is 0.498. The largest absolute Gasteiger partial charge is 0.324 e. The summed E-state index contributed by atoms with van der Waals surface area (Å²) in [5.41, 5.74) is 2.59. The van der Waals surface area contributed by atoms with Gasteiger partial charge < -0.3 is 5.32 Å². The number of alkyl halides is 1. The van der Waals surface area contributed by atoms with E-state index in [0.717, 1.165) is 17.1 Å². The van der Waals surface area contributed by atoms with Crippen LogP contribution in [0.1, 0.15) is 23.7 Å². The van der Waals surface area contributed by atoms with E-state index in [-0.39, 0.29) is 5.92 Å². The molecule has 1 aliphatic rings. The van der Waals surface area contributed by atoms with Crippen LogP contribution in [0.25, 0.3) is 0 Å². The highest BCUT2D eigenvalue weighted by Gasteiger charge is 2.40. The first-order valence-corrected chi connectivity index (χ1v) is 6.04. The van der Waals surface area contributed by atoms with Gasteiger partial charge in [0.25, 0.3) is 0 Å². The van der Waals surface area contributed by atoms with Crippen molar-refractivity contribution in [3.63, 3.8) is 0 Å². The second-order valence-electron chi connectivity index (χ2n) is 4.61. The molecule has 3 nitrogen and oxygen atoms in total. The van der Waals surface area contributed by atoms with E-state index in [1.807, 2.05) is 43.3 Å². The van der Waals surface area contributed by atoms with Crippen molar-refractivity contribution in [2.45, 2.75) is 25.4 Å². The lowest BCUT2D eigenvalue weighted by atomic mass is 10.2. The number of hydrogen-bond acceptors (Lipinski definition) is 3. The van der Waals surface area contributed by atoms with E-state index in [1.165, 1.54) is 0 Å². The number of rotatable bonds is 3. The lowest BCUT2D eigenvalue weighted by Crippen LogP contribution is -2.01. The first-order valence-electron chi connectivity index (χ1n) is 6.04. The smallest absolute Gasteiger partial charge is 0.227 e. The number of anilines is 2. The molecule has 0 aliphatic heterocycles. The van der Waals surface area contributed by atoms with Crippen LogP contribution in [0.5, 0.6) is 0 Å². The number of hydrogen-bond donors (Lipinski definition) is 1. The van der Waals surface area contributed by atoms with Gasteiger partial charge >= 0.3 is 0 Å². The van der Waals surface area contributed by atoms with E-state index in [4.69, 9.17) is 0 Å². The fraction of sp³-hybridized carbons (Fsp3) is 0.286. The maximum Gasteiger partial charge on any atom is 0.227 e. The van der Waals surface area contributed by atoms with E-state index in [2.05, 4.69) is 15.3 Å². The van der Waals surface area contributed by atoms with Gasteiger partial charge in [-0.2, -0.15) is 0 Å². The number of aromatic nitrogens is 2. The minimum Gasteiger partial charge on any atom is -0.324 e. The molecule has 0 radical (unpaired) electrons. The van der Waals surface area contributed by atoms with Crippen LogP contribution >= 0.6 is 0 Å². The Morgan fingerprint density at radius 1 is 1.22 bits per heavy atom. The molecule has 1 aliphatic carbocycles. The minimum atomic E-state index is -0.733. The van der Waals surface area contributed by atoms with Crippen molar-refractivity contribution in [3.8, 4) is 0 Å². The van der Waals surface area contributed by atoms with E-state index in [0.29, 0.717) is 12.4 Å². The molecular weight excluding hydrogens is 229 g/mol. The zero-order chi connectivity index (χ0) is 12.5. The van der Waals surface area contributed by atoms with Crippen molar-refractivity contribution in [1.29, 1.82) is 0 Å². The molecule has 18 heavy (non-hydrogen) atoms. The van der Waals surface area contributed by atoms with Gasteiger partial charge in [0, 0.05) is 17.3 Å². The number of nitrogens with one attached hydrogen (secondary N) is 1. The molecule has 1 aromatic carbocycles. The van der Waals surface area contributed by atoms with Crippen LogP contribution in [0.15, 0.2) is 36.4 Å². The van der Waals surface area contributed by atoms with Crippen LogP contribution < -0.4 is 5.32 Å². The molecular formula is C14H14FN3. The van der Waals surface area contributed by atoms with E-state index < -0.39 is 6.17 Å². The Hall–Kier alpha value is -1.97. The maximum atomic E-state index is 13.1. The summed E-state index contributed by atoms with van der Waals surface area (Å²) in [6, 6.07) is 11.6. The minimum absolute atomic E-state index is 0.0389.